The fourth-order valence-electron chi connectivity index (χ4n) is 3.94. The van der Waals surface area contributed by atoms with Crippen LogP contribution in [0, 0.1) is 11.7 Å². The molecule has 0 radical (unpaired) electrons. The molecule has 134 valence electrons. The summed E-state index contributed by atoms with van der Waals surface area (Å²) >= 11 is 0. The van der Waals surface area contributed by atoms with Crippen LogP contribution in [0.2, 0.25) is 0 Å². The Bertz CT molecular complexity index is 816. The summed E-state index contributed by atoms with van der Waals surface area (Å²) in [5.74, 6) is -0.340. The van der Waals surface area contributed by atoms with Gasteiger partial charge < -0.3 is 4.90 Å². The number of pyridine rings is 1. The van der Waals surface area contributed by atoms with Gasteiger partial charge >= 0.3 is 0 Å². The molecule has 1 aliphatic carbocycles. The zero-order chi connectivity index (χ0) is 18.1. The Morgan fingerprint density at radius 1 is 1.15 bits per heavy atom. The van der Waals surface area contributed by atoms with Gasteiger partial charge in [0.05, 0.1) is 5.41 Å². The van der Waals surface area contributed by atoms with Crippen LogP contribution >= 0.6 is 0 Å². The smallest absolute Gasteiger partial charge is 0.233 e. The molecule has 1 atom stereocenters. The molecular formula is C21H21FN2O2. The number of carbonyl (C=O) groups is 2. The molecule has 4 rings (SSSR count). The van der Waals surface area contributed by atoms with E-state index in [1.54, 1.807) is 36.7 Å². The summed E-state index contributed by atoms with van der Waals surface area (Å²) in [5.41, 5.74) is 0.962. The van der Waals surface area contributed by atoms with E-state index in [1.165, 1.54) is 12.1 Å². The van der Waals surface area contributed by atoms with Crippen molar-refractivity contribution in [2.75, 3.05) is 13.1 Å². The Kier molecular flexibility index (Phi) is 4.31. The lowest BCUT2D eigenvalue weighted by atomic mass is 9.88. The highest BCUT2D eigenvalue weighted by molar-refractivity contribution is 5.98. The lowest BCUT2D eigenvalue weighted by Crippen LogP contribution is -2.46. The number of rotatable bonds is 4. The topological polar surface area (TPSA) is 50.3 Å². The second kappa shape index (κ2) is 6.63. The quantitative estimate of drug-likeness (QED) is 0.793. The lowest BCUT2D eigenvalue weighted by molar-refractivity contribution is -0.135. The lowest BCUT2D eigenvalue weighted by Gasteiger charge is -2.34. The van der Waals surface area contributed by atoms with Gasteiger partial charge in [0.1, 0.15) is 5.82 Å². The van der Waals surface area contributed by atoms with Crippen molar-refractivity contribution in [3.63, 3.8) is 0 Å². The highest BCUT2D eigenvalue weighted by Gasteiger charge is 2.53. The maximum absolute atomic E-state index is 13.2. The van der Waals surface area contributed by atoms with E-state index in [4.69, 9.17) is 0 Å². The van der Waals surface area contributed by atoms with E-state index in [1.807, 2.05) is 4.90 Å². The van der Waals surface area contributed by atoms with Crippen molar-refractivity contribution in [2.45, 2.75) is 31.1 Å². The molecule has 0 bridgehead atoms. The molecule has 1 aromatic carbocycles. The fourth-order valence-corrected chi connectivity index (χ4v) is 3.94. The van der Waals surface area contributed by atoms with Crippen LogP contribution in [0.15, 0.2) is 48.8 Å². The third kappa shape index (κ3) is 3.02. The summed E-state index contributed by atoms with van der Waals surface area (Å²) in [4.78, 5) is 31.8. The van der Waals surface area contributed by atoms with Gasteiger partial charge in [-0.3, -0.25) is 14.6 Å². The molecule has 1 unspecified atom stereocenters. The Balaban J connectivity index is 1.50. The molecule has 2 heterocycles. The number of aromatic nitrogens is 1. The van der Waals surface area contributed by atoms with Crippen molar-refractivity contribution in [3.8, 4) is 0 Å². The minimum absolute atomic E-state index is 0.0576. The van der Waals surface area contributed by atoms with E-state index >= 15 is 0 Å². The number of nitrogens with zero attached hydrogens (tertiary/aromatic N) is 2. The van der Waals surface area contributed by atoms with Crippen molar-refractivity contribution in [1.29, 1.82) is 0 Å². The predicted octanol–water partition coefficient (Wildman–Crippen LogP) is 3.37. The second-order valence-electron chi connectivity index (χ2n) is 7.29. The average Bonchev–Trinajstić information content (AvgIpc) is 3.50. The molecule has 1 aromatic heterocycles. The van der Waals surface area contributed by atoms with Gasteiger partial charge in [-0.1, -0.05) is 12.1 Å². The number of halogens is 1. The van der Waals surface area contributed by atoms with Crippen LogP contribution in [0.4, 0.5) is 4.39 Å². The van der Waals surface area contributed by atoms with Crippen LogP contribution in [0.25, 0.3) is 0 Å². The summed E-state index contributed by atoms with van der Waals surface area (Å²) in [5, 5.41) is 0. The molecule has 1 saturated carbocycles. The molecule has 2 aliphatic rings. The van der Waals surface area contributed by atoms with E-state index in [9.17, 15) is 14.0 Å². The third-order valence-electron chi connectivity index (χ3n) is 5.58. The Morgan fingerprint density at radius 3 is 2.58 bits per heavy atom. The van der Waals surface area contributed by atoms with Gasteiger partial charge in [-0.15, -0.1) is 0 Å². The normalized spacial score (nSPS) is 21.3. The Morgan fingerprint density at radius 2 is 1.92 bits per heavy atom. The largest absolute Gasteiger partial charge is 0.341 e. The first-order chi connectivity index (χ1) is 12.6. The van der Waals surface area contributed by atoms with Crippen LogP contribution < -0.4 is 0 Å². The van der Waals surface area contributed by atoms with Crippen molar-refractivity contribution in [1.82, 2.24) is 9.88 Å². The number of hydrogen-bond acceptors (Lipinski definition) is 3. The van der Waals surface area contributed by atoms with Gasteiger partial charge in [-0.2, -0.15) is 0 Å². The van der Waals surface area contributed by atoms with Crippen LogP contribution in [0.1, 0.15) is 41.6 Å². The van der Waals surface area contributed by atoms with E-state index in [2.05, 4.69) is 4.98 Å². The molecule has 26 heavy (non-hydrogen) atoms. The van der Waals surface area contributed by atoms with Crippen LogP contribution in [0.3, 0.4) is 0 Å². The van der Waals surface area contributed by atoms with Crippen LogP contribution in [-0.2, 0) is 10.2 Å². The Hall–Kier alpha value is -2.56. The number of benzene rings is 1. The summed E-state index contributed by atoms with van der Waals surface area (Å²) < 4.78 is 13.2. The first-order valence-corrected chi connectivity index (χ1v) is 9.10. The molecule has 5 heteroatoms. The zero-order valence-corrected chi connectivity index (χ0v) is 14.5. The summed E-state index contributed by atoms with van der Waals surface area (Å²) in [6.07, 6.45) is 6.42. The van der Waals surface area contributed by atoms with Gasteiger partial charge in [0, 0.05) is 37.0 Å². The summed E-state index contributed by atoms with van der Waals surface area (Å²) in [6, 6.07) is 9.77. The van der Waals surface area contributed by atoms with Crippen molar-refractivity contribution < 1.29 is 14.0 Å². The van der Waals surface area contributed by atoms with Gasteiger partial charge in [0.25, 0.3) is 0 Å². The number of ketones is 1. The number of likely N-dealkylation sites (tertiary alicyclic amines) is 1. The average molecular weight is 352 g/mol. The second-order valence-corrected chi connectivity index (χ2v) is 7.29. The highest BCUT2D eigenvalue weighted by Crippen LogP contribution is 2.50. The minimum atomic E-state index is -0.521. The van der Waals surface area contributed by atoms with E-state index in [0.717, 1.165) is 31.2 Å². The molecule has 2 fully saturated rings. The number of amides is 1. The summed E-state index contributed by atoms with van der Waals surface area (Å²) in [7, 11) is 0. The molecule has 2 aromatic rings. The minimum Gasteiger partial charge on any atom is -0.341 e. The predicted molar refractivity (Wildman–Crippen MR) is 95.2 cm³/mol. The maximum atomic E-state index is 13.2. The molecule has 1 amide bonds. The number of carbonyl (C=O) groups excluding carboxylic acids is 2. The van der Waals surface area contributed by atoms with Crippen LogP contribution in [0.5, 0.6) is 0 Å². The molecule has 4 nitrogen and oxygen atoms in total. The van der Waals surface area contributed by atoms with E-state index < -0.39 is 5.41 Å². The fraction of sp³-hybridized carbons (Fsp3) is 0.381. The maximum Gasteiger partial charge on any atom is 0.233 e. The van der Waals surface area contributed by atoms with Crippen molar-refractivity contribution in [2.24, 2.45) is 5.92 Å². The standard InChI is InChI=1S/C21H21FN2O2/c22-18-7-5-17(6-8-18)21(9-10-21)20(26)24-12-2-4-16(14-24)19(25)15-3-1-11-23-13-15/h1,3,5-8,11,13,16H,2,4,9-10,12,14H2. The van der Waals surface area contributed by atoms with Crippen LogP contribution in [-0.4, -0.2) is 34.7 Å². The first-order valence-electron chi connectivity index (χ1n) is 9.10. The number of Topliss-reactive ketones (excluding diaryl/α,β-unsaturated/α-hetero) is 1. The Labute approximate surface area is 152 Å². The number of hydrogen-bond donors (Lipinski definition) is 0. The van der Waals surface area contributed by atoms with E-state index in [-0.39, 0.29) is 23.4 Å². The first kappa shape index (κ1) is 16.9. The molecular weight excluding hydrogens is 331 g/mol. The monoisotopic (exact) mass is 352 g/mol. The SMILES string of the molecule is O=C(c1cccnc1)C1CCCN(C(=O)C2(c3ccc(F)cc3)CC2)C1. The summed E-state index contributed by atoms with van der Waals surface area (Å²) in [6.45, 7) is 1.13. The van der Waals surface area contributed by atoms with Gasteiger partial charge in [0.15, 0.2) is 5.78 Å². The number of piperidine rings is 1. The molecule has 0 spiro atoms. The molecule has 0 N–H and O–H groups in total. The van der Waals surface area contributed by atoms with Crippen molar-refractivity contribution >= 4 is 11.7 Å². The van der Waals surface area contributed by atoms with E-state index in [0.29, 0.717) is 18.7 Å². The molecule has 1 aliphatic heterocycles. The van der Waals surface area contributed by atoms with Gasteiger partial charge in [-0.25, -0.2) is 4.39 Å². The highest BCUT2D eigenvalue weighted by atomic mass is 19.1. The van der Waals surface area contributed by atoms with Gasteiger partial charge in [-0.05, 0) is 55.5 Å². The third-order valence-corrected chi connectivity index (χ3v) is 5.58. The van der Waals surface area contributed by atoms with Gasteiger partial charge in [0.2, 0.25) is 5.91 Å². The zero-order valence-electron chi connectivity index (χ0n) is 14.5. The molecule has 1 saturated heterocycles. The van der Waals surface area contributed by atoms with Crippen molar-refractivity contribution in [3.05, 3.63) is 65.7 Å².